The van der Waals surface area contributed by atoms with Crippen molar-refractivity contribution in [1.29, 1.82) is 0 Å². The quantitative estimate of drug-likeness (QED) is 0.141. The number of hydrogen-bond donors (Lipinski definition) is 0. The van der Waals surface area contributed by atoms with Gasteiger partial charge in [0, 0.05) is 108 Å². The molecule has 9 heteroatoms. The van der Waals surface area contributed by atoms with E-state index in [1.165, 1.54) is 0 Å². The lowest BCUT2D eigenvalue weighted by Gasteiger charge is -2.10. The number of aliphatic imine (C=N–C) groups is 2. The molecule has 6 aromatic carbocycles. The third kappa shape index (κ3) is 8.76. The number of pyridine rings is 4. The molecule has 0 saturated carbocycles. The number of rotatable bonds is 8. The zero-order chi connectivity index (χ0) is 49.7. The predicted octanol–water partition coefficient (Wildman–Crippen LogP) is 15.8. The van der Waals surface area contributed by atoms with E-state index >= 15 is 0 Å². The van der Waals surface area contributed by atoms with Gasteiger partial charge in [0.2, 0.25) is 0 Å². The summed E-state index contributed by atoms with van der Waals surface area (Å²) in [5.74, 6) is 0. The van der Waals surface area contributed by atoms with Gasteiger partial charge in [0.05, 0.1) is 33.1 Å². The monoisotopic (exact) mass is 944 g/mol. The SMILES string of the molecule is C=CC=NC.C=CC=NC.c1cncc(-c2cccc(-c3ccc4c(c3)c3ncccc3n4-c3ccc4oc5ccc(-n6c7ccc(-c8cccc(-c9cccnc9)c8)cc7c7ncccc76)cc5c4c3)c2)c1. The van der Waals surface area contributed by atoms with Crippen molar-refractivity contribution in [3.05, 3.63) is 232 Å². The van der Waals surface area contributed by atoms with Gasteiger partial charge in [0.25, 0.3) is 0 Å². The second-order valence-electron chi connectivity index (χ2n) is 17.3. The van der Waals surface area contributed by atoms with Gasteiger partial charge in [-0.3, -0.25) is 29.9 Å². The molecule has 0 spiro atoms. The lowest BCUT2D eigenvalue weighted by molar-refractivity contribution is 0.669. The maximum absolute atomic E-state index is 6.51. The minimum absolute atomic E-state index is 0.836. The standard InChI is InChI=1S/C56H34N6O.2C4H7N/c1-7-35(27-37(9-1)41-11-3-23-57-33-41)39-15-19-49-47(29-39)55-51(13-5-25-59-55)61(49)43-17-21-53-45(31-43)46-32-44(18-22-54(46)63-53)62-50-20-16-40(30-48(50)56-52(62)14-6-26-60-56)36-8-2-10-38(28-36)42-12-4-24-58-34-42;2*1-3-4-5-2/h1-34H;2*3-4H,1H2,2H3. The van der Waals surface area contributed by atoms with Gasteiger partial charge in [0.15, 0.2) is 0 Å². The maximum Gasteiger partial charge on any atom is 0.135 e. The van der Waals surface area contributed by atoms with E-state index in [-0.39, 0.29) is 0 Å². The first-order valence-corrected chi connectivity index (χ1v) is 23.9. The van der Waals surface area contributed by atoms with Gasteiger partial charge >= 0.3 is 0 Å². The third-order valence-electron chi connectivity index (χ3n) is 12.9. The molecule has 350 valence electrons. The van der Waals surface area contributed by atoms with Crippen LogP contribution in [0.1, 0.15) is 0 Å². The van der Waals surface area contributed by atoms with E-state index in [4.69, 9.17) is 14.4 Å². The van der Waals surface area contributed by atoms with E-state index in [0.29, 0.717) is 0 Å². The summed E-state index contributed by atoms with van der Waals surface area (Å²) in [5, 5.41) is 4.28. The number of hydrogen-bond acceptors (Lipinski definition) is 7. The minimum Gasteiger partial charge on any atom is -0.456 e. The van der Waals surface area contributed by atoms with E-state index in [1.54, 1.807) is 51.1 Å². The molecule has 0 saturated heterocycles. The molecule has 0 aliphatic heterocycles. The van der Waals surface area contributed by atoms with Gasteiger partial charge in [-0.15, -0.1) is 0 Å². The van der Waals surface area contributed by atoms with Crippen molar-refractivity contribution in [3.8, 4) is 55.9 Å². The second-order valence-corrected chi connectivity index (χ2v) is 17.3. The Kier molecular flexibility index (Phi) is 12.6. The van der Waals surface area contributed by atoms with Gasteiger partial charge in [-0.25, -0.2) is 0 Å². The topological polar surface area (TPSA) is 99.3 Å². The third-order valence-corrected chi connectivity index (χ3v) is 12.9. The molecular formula is C64H48N8O. The van der Waals surface area contributed by atoms with E-state index in [1.807, 2.05) is 49.1 Å². The molecule has 7 heterocycles. The lowest BCUT2D eigenvalue weighted by Crippen LogP contribution is -1.94. The van der Waals surface area contributed by atoms with E-state index in [0.717, 1.165) is 122 Å². The highest BCUT2D eigenvalue weighted by Gasteiger charge is 2.19. The first kappa shape index (κ1) is 45.6. The summed E-state index contributed by atoms with van der Waals surface area (Å²) in [6, 6.07) is 60.1. The normalized spacial score (nSPS) is 11.4. The fourth-order valence-corrected chi connectivity index (χ4v) is 9.65. The molecule has 13 rings (SSSR count). The van der Waals surface area contributed by atoms with Gasteiger partial charge in [-0.2, -0.15) is 0 Å². The molecule has 9 nitrogen and oxygen atoms in total. The smallest absolute Gasteiger partial charge is 0.135 e. The highest BCUT2D eigenvalue weighted by Crippen LogP contribution is 2.40. The number of fused-ring (bicyclic) bond motifs is 9. The molecule has 0 aliphatic rings. The van der Waals surface area contributed by atoms with Crippen LogP contribution in [-0.4, -0.2) is 55.6 Å². The van der Waals surface area contributed by atoms with Crippen LogP contribution in [0.2, 0.25) is 0 Å². The largest absolute Gasteiger partial charge is 0.456 e. The van der Waals surface area contributed by atoms with Gasteiger partial charge in [0.1, 0.15) is 11.2 Å². The number of furan rings is 1. The highest BCUT2D eigenvalue weighted by molar-refractivity contribution is 6.12. The molecular weight excluding hydrogens is 897 g/mol. The van der Waals surface area contributed by atoms with E-state index < -0.39 is 0 Å². The zero-order valence-corrected chi connectivity index (χ0v) is 40.3. The lowest BCUT2D eigenvalue weighted by atomic mass is 9.99. The van der Waals surface area contributed by atoms with Crippen LogP contribution in [-0.2, 0) is 0 Å². The number of allylic oxidation sites excluding steroid dienone is 2. The molecule has 0 aliphatic carbocycles. The Morgan fingerprint density at radius 2 is 0.808 bits per heavy atom. The van der Waals surface area contributed by atoms with E-state index in [9.17, 15) is 0 Å². The van der Waals surface area contributed by atoms with Crippen molar-refractivity contribution < 1.29 is 4.42 Å². The Morgan fingerprint density at radius 3 is 1.21 bits per heavy atom. The average molecular weight is 945 g/mol. The van der Waals surface area contributed by atoms with Gasteiger partial charge < -0.3 is 13.6 Å². The van der Waals surface area contributed by atoms with Crippen molar-refractivity contribution >= 4 is 78.2 Å². The minimum atomic E-state index is 0.836. The predicted molar refractivity (Wildman–Crippen MR) is 305 cm³/mol. The molecule has 0 atom stereocenters. The van der Waals surface area contributed by atoms with Crippen molar-refractivity contribution in [2.24, 2.45) is 9.98 Å². The van der Waals surface area contributed by atoms with Crippen molar-refractivity contribution in [3.63, 3.8) is 0 Å². The number of nitrogens with zero attached hydrogens (tertiary/aromatic N) is 8. The summed E-state index contributed by atoms with van der Waals surface area (Å²) < 4.78 is 11.1. The summed E-state index contributed by atoms with van der Waals surface area (Å²) in [7, 11) is 3.42. The van der Waals surface area contributed by atoms with Crippen molar-refractivity contribution in [2.45, 2.75) is 0 Å². The number of aromatic nitrogens is 6. The Hall–Kier alpha value is -9.86. The molecule has 13 aromatic rings. The molecule has 0 amide bonds. The van der Waals surface area contributed by atoms with Crippen molar-refractivity contribution in [1.82, 2.24) is 29.1 Å². The van der Waals surface area contributed by atoms with Crippen LogP contribution >= 0.6 is 0 Å². The molecule has 0 bridgehead atoms. The van der Waals surface area contributed by atoms with Gasteiger partial charge in [-0.05, 0) is 143 Å². The van der Waals surface area contributed by atoms with Crippen LogP contribution in [0.3, 0.4) is 0 Å². The van der Waals surface area contributed by atoms with Crippen LogP contribution in [0.15, 0.2) is 247 Å². The van der Waals surface area contributed by atoms with Crippen LogP contribution in [0.5, 0.6) is 0 Å². The Bertz CT molecular complexity index is 3950. The van der Waals surface area contributed by atoms with Crippen LogP contribution in [0, 0.1) is 0 Å². The fourth-order valence-electron chi connectivity index (χ4n) is 9.65. The summed E-state index contributed by atoms with van der Waals surface area (Å²) in [4.78, 5) is 25.8. The molecule has 0 fully saturated rings. The van der Waals surface area contributed by atoms with E-state index in [2.05, 4.69) is 188 Å². The fraction of sp³-hybridized carbons (Fsp3) is 0.0312. The van der Waals surface area contributed by atoms with Crippen LogP contribution in [0.25, 0.3) is 122 Å². The second kappa shape index (κ2) is 20.2. The summed E-state index contributed by atoms with van der Waals surface area (Å²) in [6.07, 6.45) is 17.7. The Morgan fingerprint density at radius 1 is 0.397 bits per heavy atom. The average Bonchev–Trinajstić information content (AvgIpc) is 4.11. The summed E-state index contributed by atoms with van der Waals surface area (Å²) in [6.45, 7) is 6.80. The summed E-state index contributed by atoms with van der Waals surface area (Å²) in [5.41, 5.74) is 18.9. The molecule has 0 unspecified atom stereocenters. The molecule has 0 radical (unpaired) electrons. The number of benzene rings is 6. The zero-order valence-electron chi connectivity index (χ0n) is 40.3. The first-order chi connectivity index (χ1) is 36.0. The highest BCUT2D eigenvalue weighted by atomic mass is 16.3. The molecule has 73 heavy (non-hydrogen) atoms. The first-order valence-electron chi connectivity index (χ1n) is 23.9. The van der Waals surface area contributed by atoms with Crippen LogP contribution < -0.4 is 0 Å². The van der Waals surface area contributed by atoms with Crippen molar-refractivity contribution in [2.75, 3.05) is 14.1 Å². The molecule has 7 aromatic heterocycles. The maximum atomic E-state index is 6.51. The Labute approximate surface area is 422 Å². The Balaban J connectivity index is 0.000000527. The summed E-state index contributed by atoms with van der Waals surface area (Å²) >= 11 is 0. The molecule has 0 N–H and O–H groups in total. The van der Waals surface area contributed by atoms with Crippen LogP contribution in [0.4, 0.5) is 0 Å². The van der Waals surface area contributed by atoms with Gasteiger partial charge in [-0.1, -0.05) is 86.0 Å².